The lowest BCUT2D eigenvalue weighted by atomic mass is 10.2. The first kappa shape index (κ1) is 22.9. The van der Waals surface area contributed by atoms with Crippen LogP contribution in [-0.2, 0) is 19.6 Å². The standard InChI is InChI=1S/C21H24ClNO5S/c1-4-6-20(24)23(29(26,27)17-11-8-15(3)9-12-17)16-10-13-19(18(22)14-16)28-21(25)7-5-2/h8-14H,4-7H2,1-3H3. The molecule has 8 heteroatoms. The van der Waals surface area contributed by atoms with E-state index in [1.807, 2.05) is 13.8 Å². The third-order valence-corrected chi connectivity index (χ3v) is 6.14. The summed E-state index contributed by atoms with van der Waals surface area (Å²) in [6.07, 6.45) is 1.40. The van der Waals surface area contributed by atoms with Gasteiger partial charge in [-0.25, -0.2) is 12.7 Å². The summed E-state index contributed by atoms with van der Waals surface area (Å²) in [5.74, 6) is -0.891. The predicted molar refractivity (Wildman–Crippen MR) is 113 cm³/mol. The van der Waals surface area contributed by atoms with Crippen molar-refractivity contribution in [1.82, 2.24) is 0 Å². The van der Waals surface area contributed by atoms with Crippen molar-refractivity contribution in [3.8, 4) is 5.75 Å². The quantitative estimate of drug-likeness (QED) is 0.434. The highest BCUT2D eigenvalue weighted by Gasteiger charge is 2.31. The van der Waals surface area contributed by atoms with Gasteiger partial charge in [0.05, 0.1) is 15.6 Å². The molecule has 0 radical (unpaired) electrons. The molecule has 0 heterocycles. The molecule has 0 spiro atoms. The number of carbonyl (C=O) groups is 2. The second-order valence-electron chi connectivity index (χ2n) is 6.57. The van der Waals surface area contributed by atoms with E-state index in [0.29, 0.717) is 12.8 Å². The zero-order valence-electron chi connectivity index (χ0n) is 16.6. The Kier molecular flexibility index (Phi) is 7.81. The fourth-order valence-corrected chi connectivity index (χ4v) is 4.28. The Balaban J connectivity index is 2.48. The molecule has 2 aromatic rings. The summed E-state index contributed by atoms with van der Waals surface area (Å²) in [4.78, 5) is 24.4. The molecule has 0 unspecified atom stereocenters. The van der Waals surface area contributed by atoms with Crippen LogP contribution in [0, 0.1) is 6.92 Å². The number of hydrogen-bond acceptors (Lipinski definition) is 5. The minimum absolute atomic E-state index is 0.00197. The highest BCUT2D eigenvalue weighted by molar-refractivity contribution is 7.93. The van der Waals surface area contributed by atoms with Gasteiger partial charge in [-0.3, -0.25) is 9.59 Å². The van der Waals surface area contributed by atoms with E-state index in [2.05, 4.69) is 0 Å². The minimum Gasteiger partial charge on any atom is -0.425 e. The number of ether oxygens (including phenoxy) is 1. The summed E-state index contributed by atoms with van der Waals surface area (Å²) in [6, 6.07) is 10.4. The van der Waals surface area contributed by atoms with Gasteiger partial charge in [-0.15, -0.1) is 0 Å². The molecule has 0 saturated carbocycles. The molecule has 0 atom stereocenters. The first-order valence-corrected chi connectivity index (χ1v) is 11.2. The van der Waals surface area contributed by atoms with Crippen LogP contribution in [0.5, 0.6) is 5.75 Å². The molecule has 0 aromatic heterocycles. The molecule has 0 aliphatic heterocycles. The largest absolute Gasteiger partial charge is 0.425 e. The summed E-state index contributed by atoms with van der Waals surface area (Å²) in [6.45, 7) is 5.48. The average Bonchev–Trinajstić information content (AvgIpc) is 2.64. The molecule has 6 nitrogen and oxygen atoms in total. The van der Waals surface area contributed by atoms with Crippen molar-refractivity contribution in [2.24, 2.45) is 0 Å². The Labute approximate surface area is 176 Å². The van der Waals surface area contributed by atoms with Gasteiger partial charge in [0, 0.05) is 12.8 Å². The fraction of sp³-hybridized carbons (Fsp3) is 0.333. The lowest BCUT2D eigenvalue weighted by Gasteiger charge is -2.23. The van der Waals surface area contributed by atoms with E-state index < -0.39 is 21.9 Å². The van der Waals surface area contributed by atoms with Crippen molar-refractivity contribution in [2.45, 2.75) is 51.3 Å². The molecule has 2 aromatic carbocycles. The fourth-order valence-electron chi connectivity index (χ4n) is 2.62. The summed E-state index contributed by atoms with van der Waals surface area (Å²) in [5.41, 5.74) is 0.987. The van der Waals surface area contributed by atoms with Crippen LogP contribution in [-0.4, -0.2) is 20.3 Å². The van der Waals surface area contributed by atoms with E-state index in [4.69, 9.17) is 16.3 Å². The Bertz CT molecular complexity index is 987. The molecule has 0 aliphatic rings. The number of hydrogen-bond donors (Lipinski definition) is 0. The van der Waals surface area contributed by atoms with Crippen LogP contribution in [0.4, 0.5) is 5.69 Å². The zero-order valence-corrected chi connectivity index (χ0v) is 18.2. The van der Waals surface area contributed by atoms with E-state index in [1.165, 1.54) is 30.3 Å². The van der Waals surface area contributed by atoms with Gasteiger partial charge in [0.1, 0.15) is 5.75 Å². The third kappa shape index (κ3) is 5.58. The van der Waals surface area contributed by atoms with E-state index in [-0.39, 0.29) is 34.2 Å². The summed E-state index contributed by atoms with van der Waals surface area (Å²) in [7, 11) is -4.14. The number of rotatable bonds is 8. The van der Waals surface area contributed by atoms with Crippen LogP contribution in [0.1, 0.15) is 45.1 Å². The number of nitrogens with zero attached hydrogens (tertiary/aromatic N) is 1. The van der Waals surface area contributed by atoms with E-state index in [0.717, 1.165) is 9.87 Å². The molecule has 2 rings (SSSR count). The highest BCUT2D eigenvalue weighted by atomic mass is 35.5. The SMILES string of the molecule is CCCC(=O)Oc1ccc(N(C(=O)CCC)S(=O)(=O)c2ccc(C)cc2)cc1Cl. The average molecular weight is 438 g/mol. The van der Waals surface area contributed by atoms with Gasteiger partial charge in [-0.05, 0) is 50.1 Å². The molecular weight excluding hydrogens is 414 g/mol. The predicted octanol–water partition coefficient (Wildman–Crippen LogP) is 4.88. The summed E-state index contributed by atoms with van der Waals surface area (Å²) >= 11 is 6.21. The van der Waals surface area contributed by atoms with Crippen LogP contribution in [0.2, 0.25) is 5.02 Å². The molecular formula is C21H24ClNO5S. The van der Waals surface area contributed by atoms with Crippen molar-refractivity contribution in [1.29, 1.82) is 0 Å². The normalized spacial score (nSPS) is 11.2. The first-order chi connectivity index (χ1) is 13.7. The Hall–Kier alpha value is -2.38. The summed E-state index contributed by atoms with van der Waals surface area (Å²) < 4.78 is 32.3. The lowest BCUT2D eigenvalue weighted by molar-refractivity contribution is -0.134. The lowest BCUT2D eigenvalue weighted by Crippen LogP contribution is -2.36. The van der Waals surface area contributed by atoms with Crippen LogP contribution >= 0.6 is 11.6 Å². The van der Waals surface area contributed by atoms with E-state index in [1.54, 1.807) is 19.1 Å². The Morgan fingerprint density at radius 1 is 1.00 bits per heavy atom. The van der Waals surface area contributed by atoms with Crippen molar-refractivity contribution >= 4 is 39.2 Å². The molecule has 0 saturated heterocycles. The number of amides is 1. The molecule has 0 aliphatic carbocycles. The number of benzene rings is 2. The summed E-state index contributed by atoms with van der Waals surface area (Å²) in [5, 5.41) is 0.0420. The number of aryl methyl sites for hydroxylation is 1. The maximum Gasteiger partial charge on any atom is 0.311 e. The van der Waals surface area contributed by atoms with Gasteiger partial charge in [-0.2, -0.15) is 0 Å². The topological polar surface area (TPSA) is 80.8 Å². The van der Waals surface area contributed by atoms with Gasteiger partial charge in [-0.1, -0.05) is 43.1 Å². The van der Waals surface area contributed by atoms with Gasteiger partial charge in [0.2, 0.25) is 5.91 Å². The van der Waals surface area contributed by atoms with Crippen molar-refractivity contribution < 1.29 is 22.7 Å². The maximum absolute atomic E-state index is 13.2. The molecule has 0 bridgehead atoms. The Morgan fingerprint density at radius 3 is 2.17 bits per heavy atom. The van der Waals surface area contributed by atoms with Crippen LogP contribution in [0.3, 0.4) is 0 Å². The number of sulfonamides is 1. The van der Waals surface area contributed by atoms with Crippen LogP contribution < -0.4 is 9.04 Å². The van der Waals surface area contributed by atoms with Crippen LogP contribution in [0.25, 0.3) is 0 Å². The van der Waals surface area contributed by atoms with E-state index >= 15 is 0 Å². The molecule has 29 heavy (non-hydrogen) atoms. The first-order valence-electron chi connectivity index (χ1n) is 9.35. The molecule has 0 fully saturated rings. The molecule has 0 N–H and O–H groups in total. The van der Waals surface area contributed by atoms with Crippen LogP contribution in [0.15, 0.2) is 47.4 Å². The van der Waals surface area contributed by atoms with Crippen molar-refractivity contribution in [3.63, 3.8) is 0 Å². The van der Waals surface area contributed by atoms with Gasteiger partial charge in [0.15, 0.2) is 0 Å². The minimum atomic E-state index is -4.14. The van der Waals surface area contributed by atoms with Gasteiger partial charge >= 0.3 is 5.97 Å². The Morgan fingerprint density at radius 2 is 1.62 bits per heavy atom. The zero-order chi connectivity index (χ0) is 21.6. The number of halogens is 1. The highest BCUT2D eigenvalue weighted by Crippen LogP contribution is 2.33. The molecule has 156 valence electrons. The van der Waals surface area contributed by atoms with Crippen molar-refractivity contribution in [3.05, 3.63) is 53.1 Å². The smallest absolute Gasteiger partial charge is 0.311 e. The number of carbonyl (C=O) groups excluding carboxylic acids is 2. The number of esters is 1. The third-order valence-electron chi connectivity index (χ3n) is 4.08. The second-order valence-corrected chi connectivity index (χ2v) is 8.76. The van der Waals surface area contributed by atoms with E-state index in [9.17, 15) is 18.0 Å². The maximum atomic E-state index is 13.2. The van der Waals surface area contributed by atoms with Crippen molar-refractivity contribution in [2.75, 3.05) is 4.31 Å². The molecule has 1 amide bonds. The second kappa shape index (κ2) is 9.89. The van der Waals surface area contributed by atoms with Gasteiger partial charge < -0.3 is 4.74 Å². The number of anilines is 1. The van der Waals surface area contributed by atoms with Gasteiger partial charge in [0.25, 0.3) is 10.0 Å². The monoisotopic (exact) mass is 437 g/mol.